The van der Waals surface area contributed by atoms with Gasteiger partial charge in [0.05, 0.1) is 17.7 Å². The van der Waals surface area contributed by atoms with Gasteiger partial charge in [0.15, 0.2) is 0 Å². The number of carbonyl (C=O) groups is 1. The molecule has 6 nitrogen and oxygen atoms in total. The predicted molar refractivity (Wildman–Crippen MR) is 85.3 cm³/mol. The minimum Gasteiger partial charge on any atom is -0.462 e. The molecule has 2 aromatic rings. The summed E-state index contributed by atoms with van der Waals surface area (Å²) in [4.78, 5) is 27.5. The number of esters is 1. The molecule has 3 rings (SSSR count). The fraction of sp³-hybridized carbons (Fsp3) is 0.412. The third-order valence-electron chi connectivity index (χ3n) is 3.95. The Kier molecular flexibility index (Phi) is 3.53. The molecule has 2 heterocycles. The number of rotatable bonds is 2. The fourth-order valence-corrected chi connectivity index (χ4v) is 2.53. The van der Waals surface area contributed by atoms with Crippen molar-refractivity contribution in [3.8, 4) is 11.8 Å². The summed E-state index contributed by atoms with van der Waals surface area (Å²) in [5, 5.41) is 10.4. The van der Waals surface area contributed by atoms with Gasteiger partial charge >= 0.3 is 5.97 Å². The van der Waals surface area contributed by atoms with Crippen molar-refractivity contribution in [1.29, 1.82) is 0 Å². The number of carbonyl (C=O) groups excluding carboxylic acids is 1. The second-order valence-electron chi connectivity index (χ2n) is 5.84. The van der Waals surface area contributed by atoms with Crippen molar-refractivity contribution in [2.24, 2.45) is 7.05 Å². The summed E-state index contributed by atoms with van der Waals surface area (Å²) in [6.07, 6.45) is 2.87. The van der Waals surface area contributed by atoms with E-state index in [1.807, 2.05) is 0 Å². The fourth-order valence-electron chi connectivity index (χ4n) is 2.53. The average Bonchev–Trinajstić information content (AvgIpc) is 3.12. The van der Waals surface area contributed by atoms with Crippen LogP contribution >= 0.6 is 0 Å². The number of pyridine rings is 1. The van der Waals surface area contributed by atoms with Gasteiger partial charge in [-0.1, -0.05) is 11.8 Å². The summed E-state index contributed by atoms with van der Waals surface area (Å²) in [6, 6.07) is 0. The number of aliphatic hydroxyl groups is 1. The van der Waals surface area contributed by atoms with Crippen molar-refractivity contribution in [2.75, 3.05) is 6.61 Å². The largest absolute Gasteiger partial charge is 0.462 e. The van der Waals surface area contributed by atoms with Gasteiger partial charge in [0, 0.05) is 24.3 Å². The van der Waals surface area contributed by atoms with Crippen LogP contribution in [0.25, 0.3) is 10.9 Å². The summed E-state index contributed by atoms with van der Waals surface area (Å²) in [7, 11) is 1.62. The Bertz CT molecular complexity index is 920. The van der Waals surface area contributed by atoms with Crippen LogP contribution in [0.2, 0.25) is 0 Å². The highest BCUT2D eigenvalue weighted by Crippen LogP contribution is 2.34. The van der Waals surface area contributed by atoms with Gasteiger partial charge in [0.2, 0.25) is 0 Å². The molecule has 0 radical (unpaired) electrons. The summed E-state index contributed by atoms with van der Waals surface area (Å²) < 4.78 is 6.50. The Morgan fingerprint density at radius 1 is 1.52 bits per heavy atom. The quantitative estimate of drug-likeness (QED) is 0.645. The molecule has 0 amide bonds. The van der Waals surface area contributed by atoms with Crippen LogP contribution in [0, 0.1) is 18.8 Å². The Morgan fingerprint density at radius 2 is 2.22 bits per heavy atom. The van der Waals surface area contributed by atoms with Crippen LogP contribution in [0.4, 0.5) is 0 Å². The summed E-state index contributed by atoms with van der Waals surface area (Å²) in [5.74, 6) is 5.25. The van der Waals surface area contributed by atoms with Gasteiger partial charge < -0.3 is 19.4 Å². The number of fused-ring (bicyclic) bond motifs is 1. The van der Waals surface area contributed by atoms with Crippen LogP contribution in [-0.4, -0.2) is 32.8 Å². The van der Waals surface area contributed by atoms with Crippen molar-refractivity contribution in [3.05, 3.63) is 33.4 Å². The van der Waals surface area contributed by atoms with Crippen LogP contribution in [-0.2, 0) is 11.8 Å². The number of hydrogen-bond donors (Lipinski definition) is 2. The van der Waals surface area contributed by atoms with E-state index in [1.54, 1.807) is 27.1 Å². The molecule has 0 spiro atoms. The lowest BCUT2D eigenvalue weighted by Gasteiger charge is -2.05. The normalized spacial score (nSPS) is 15.1. The minimum absolute atomic E-state index is 0.241. The monoisotopic (exact) mass is 314 g/mol. The van der Waals surface area contributed by atoms with Gasteiger partial charge in [-0.3, -0.25) is 4.79 Å². The average molecular weight is 314 g/mol. The smallest absolute Gasteiger partial charge is 0.340 e. The van der Waals surface area contributed by atoms with Crippen LogP contribution in [0.15, 0.2) is 11.0 Å². The lowest BCUT2D eigenvalue weighted by atomic mass is 10.1. The van der Waals surface area contributed by atoms with Gasteiger partial charge in [-0.2, -0.15) is 0 Å². The summed E-state index contributed by atoms with van der Waals surface area (Å²) in [5.41, 5.74) is 0.560. The highest BCUT2D eigenvalue weighted by atomic mass is 16.5. The second-order valence-corrected chi connectivity index (χ2v) is 5.84. The molecule has 0 saturated heterocycles. The molecule has 0 unspecified atom stereocenters. The van der Waals surface area contributed by atoms with Crippen molar-refractivity contribution in [3.63, 3.8) is 0 Å². The Morgan fingerprint density at radius 3 is 2.83 bits per heavy atom. The Balaban J connectivity index is 2.29. The van der Waals surface area contributed by atoms with Crippen molar-refractivity contribution in [2.45, 2.75) is 32.3 Å². The highest BCUT2D eigenvalue weighted by Gasteiger charge is 2.38. The van der Waals surface area contributed by atoms with Gasteiger partial charge in [-0.25, -0.2) is 4.79 Å². The lowest BCUT2D eigenvalue weighted by Crippen LogP contribution is -2.17. The van der Waals surface area contributed by atoms with Crippen molar-refractivity contribution >= 4 is 16.9 Å². The molecule has 1 aliphatic carbocycles. The summed E-state index contributed by atoms with van der Waals surface area (Å²) in [6.45, 7) is 3.69. The number of aromatic nitrogens is 2. The molecule has 2 N–H and O–H groups in total. The number of ether oxygens (including phenoxy) is 1. The van der Waals surface area contributed by atoms with E-state index >= 15 is 0 Å². The zero-order valence-electron chi connectivity index (χ0n) is 13.3. The first-order valence-corrected chi connectivity index (χ1v) is 7.51. The lowest BCUT2D eigenvalue weighted by molar-refractivity contribution is 0.0528. The highest BCUT2D eigenvalue weighted by molar-refractivity contribution is 6.07. The number of hydrogen-bond acceptors (Lipinski definition) is 4. The molecule has 23 heavy (non-hydrogen) atoms. The van der Waals surface area contributed by atoms with E-state index in [4.69, 9.17) is 4.74 Å². The van der Waals surface area contributed by atoms with Crippen LogP contribution in [0.1, 0.15) is 41.4 Å². The van der Waals surface area contributed by atoms with E-state index in [0.29, 0.717) is 40.6 Å². The SMILES string of the molecule is CCOC(=O)c1c(C)[nH]c2c(=O)n(C)cc(C#CC3(O)CC3)c12. The van der Waals surface area contributed by atoms with E-state index in [2.05, 4.69) is 16.8 Å². The number of nitrogens with one attached hydrogen (secondary N) is 1. The molecule has 0 atom stereocenters. The van der Waals surface area contributed by atoms with E-state index in [-0.39, 0.29) is 12.2 Å². The van der Waals surface area contributed by atoms with Gasteiger partial charge in [-0.15, -0.1) is 0 Å². The van der Waals surface area contributed by atoms with E-state index < -0.39 is 11.6 Å². The van der Waals surface area contributed by atoms with E-state index in [1.165, 1.54) is 4.57 Å². The molecule has 0 aromatic carbocycles. The maximum atomic E-state index is 12.3. The number of aromatic amines is 1. The van der Waals surface area contributed by atoms with Gasteiger partial charge in [-0.05, 0) is 26.7 Å². The Labute approximate surface area is 133 Å². The molecule has 0 aliphatic heterocycles. The molecule has 0 bridgehead atoms. The first-order chi connectivity index (χ1) is 10.9. The minimum atomic E-state index is -0.934. The van der Waals surface area contributed by atoms with Gasteiger partial charge in [0.1, 0.15) is 11.1 Å². The van der Waals surface area contributed by atoms with Crippen LogP contribution in [0.3, 0.4) is 0 Å². The number of H-pyrrole nitrogens is 1. The van der Waals surface area contributed by atoms with Crippen LogP contribution < -0.4 is 5.56 Å². The molecule has 120 valence electrons. The number of nitrogens with zero attached hydrogens (tertiary/aromatic N) is 1. The molecule has 1 aliphatic rings. The number of aryl methyl sites for hydroxylation is 2. The van der Waals surface area contributed by atoms with E-state index in [9.17, 15) is 14.7 Å². The maximum absolute atomic E-state index is 12.3. The maximum Gasteiger partial charge on any atom is 0.340 e. The predicted octanol–water partition coefficient (Wildman–Crippen LogP) is 1.23. The first-order valence-electron chi connectivity index (χ1n) is 7.51. The molecule has 6 heteroatoms. The molecular weight excluding hydrogens is 296 g/mol. The first kappa shape index (κ1) is 15.4. The zero-order valence-corrected chi connectivity index (χ0v) is 13.3. The molecule has 1 saturated carbocycles. The third kappa shape index (κ3) is 2.64. The van der Waals surface area contributed by atoms with Crippen LogP contribution in [0.5, 0.6) is 0 Å². The third-order valence-corrected chi connectivity index (χ3v) is 3.95. The molecular formula is C17H18N2O4. The van der Waals surface area contributed by atoms with E-state index in [0.717, 1.165) is 0 Å². The van der Waals surface area contributed by atoms with Crippen molar-refractivity contribution < 1.29 is 14.6 Å². The second kappa shape index (κ2) is 5.28. The van der Waals surface area contributed by atoms with Crippen molar-refractivity contribution in [1.82, 2.24) is 9.55 Å². The standard InChI is InChI=1S/C17H18N2O4/c1-4-23-16(21)12-10(2)18-14-13(12)11(9-19(3)15(14)20)5-6-17(22)7-8-17/h9,18,22H,4,7-8H2,1-3H3. The summed E-state index contributed by atoms with van der Waals surface area (Å²) >= 11 is 0. The molecule has 1 fully saturated rings. The topological polar surface area (TPSA) is 84.3 Å². The zero-order chi connectivity index (χ0) is 16.8. The molecule has 2 aromatic heterocycles. The Hall–Kier alpha value is -2.52. The van der Waals surface area contributed by atoms with Gasteiger partial charge in [0.25, 0.3) is 5.56 Å².